The van der Waals surface area contributed by atoms with Crippen molar-refractivity contribution in [2.75, 3.05) is 0 Å². The Hall–Kier alpha value is -1.18. The van der Waals surface area contributed by atoms with E-state index in [9.17, 15) is 9.90 Å². The second kappa shape index (κ2) is 5.97. The Bertz CT molecular complexity index is 997. The second-order valence-corrected chi connectivity index (χ2v) is 8.61. The molecule has 9 heteroatoms. The van der Waals surface area contributed by atoms with E-state index < -0.39 is 5.97 Å². The van der Waals surface area contributed by atoms with Crippen LogP contribution < -0.4 is 0 Å². The molecular weight excluding hydrogens is 411 g/mol. The number of hydrogen-bond donors (Lipinski definition) is 1. The number of carboxylic acid groups (broad SMARTS) is 1. The third kappa shape index (κ3) is 2.53. The van der Waals surface area contributed by atoms with Crippen LogP contribution in [0.15, 0.2) is 29.2 Å². The molecule has 0 saturated carbocycles. The van der Waals surface area contributed by atoms with Crippen LogP contribution in [0.3, 0.4) is 0 Å². The minimum absolute atomic E-state index is 0.00832. The molecule has 4 rings (SSSR count). The number of aromatic nitrogens is 2. The molecule has 0 atom stereocenters. The Balaban J connectivity index is 2.04. The van der Waals surface area contributed by atoms with E-state index in [1.165, 1.54) is 23.1 Å². The fourth-order valence-corrected chi connectivity index (χ4v) is 5.58. The number of rotatable bonds is 2. The molecule has 0 aliphatic carbocycles. The molecule has 24 heavy (non-hydrogen) atoms. The Kier molecular flexibility index (Phi) is 4.05. The highest BCUT2D eigenvalue weighted by molar-refractivity contribution is 7.99. The number of halogens is 3. The van der Waals surface area contributed by atoms with E-state index in [4.69, 9.17) is 34.8 Å². The molecule has 1 N–H and O–H groups in total. The van der Waals surface area contributed by atoms with Gasteiger partial charge in [-0.25, -0.2) is 9.48 Å². The summed E-state index contributed by atoms with van der Waals surface area (Å²) in [6.07, 6.45) is 0. The fraction of sp³-hybridized carbons (Fsp3) is 0.0667. The Morgan fingerprint density at radius 2 is 2.04 bits per heavy atom. The summed E-state index contributed by atoms with van der Waals surface area (Å²) in [5.74, 6) is -0.410. The largest absolute Gasteiger partial charge is 0.476 e. The Morgan fingerprint density at radius 3 is 2.75 bits per heavy atom. The average molecular weight is 418 g/mol. The third-order valence-corrected chi connectivity index (χ3v) is 6.66. The van der Waals surface area contributed by atoms with Gasteiger partial charge < -0.3 is 5.11 Å². The van der Waals surface area contributed by atoms with E-state index in [1.54, 1.807) is 22.9 Å². The lowest BCUT2D eigenvalue weighted by molar-refractivity contribution is 0.0686. The maximum atomic E-state index is 11.6. The summed E-state index contributed by atoms with van der Waals surface area (Å²) >= 11 is 21.3. The third-order valence-electron chi connectivity index (χ3n) is 3.56. The minimum Gasteiger partial charge on any atom is -0.476 e. The molecule has 2 aromatic heterocycles. The van der Waals surface area contributed by atoms with Crippen LogP contribution in [0, 0.1) is 0 Å². The molecule has 4 nitrogen and oxygen atoms in total. The monoisotopic (exact) mass is 416 g/mol. The topological polar surface area (TPSA) is 55.1 Å². The zero-order valence-electron chi connectivity index (χ0n) is 11.7. The van der Waals surface area contributed by atoms with Gasteiger partial charge in [0, 0.05) is 21.2 Å². The number of benzene rings is 1. The highest BCUT2D eigenvalue weighted by Crippen LogP contribution is 2.48. The summed E-state index contributed by atoms with van der Waals surface area (Å²) in [7, 11) is 0. The predicted molar refractivity (Wildman–Crippen MR) is 98.4 cm³/mol. The molecule has 0 radical (unpaired) electrons. The van der Waals surface area contributed by atoms with Crippen molar-refractivity contribution in [1.82, 2.24) is 9.78 Å². The summed E-state index contributed by atoms with van der Waals surface area (Å²) < 4.78 is 2.21. The summed E-state index contributed by atoms with van der Waals surface area (Å²) in [5.41, 5.74) is 2.17. The van der Waals surface area contributed by atoms with E-state index in [2.05, 4.69) is 5.10 Å². The molecule has 1 aliphatic rings. The average Bonchev–Trinajstić information content (AvgIpc) is 3.06. The summed E-state index contributed by atoms with van der Waals surface area (Å²) in [6, 6.07) is 6.85. The van der Waals surface area contributed by atoms with Crippen molar-refractivity contribution in [3.05, 3.63) is 49.2 Å². The molecule has 0 fully saturated rings. The predicted octanol–water partition coefficient (Wildman–Crippen LogP) is 5.86. The molecule has 0 amide bonds. The van der Waals surface area contributed by atoms with Gasteiger partial charge in [0.25, 0.3) is 0 Å². The maximum absolute atomic E-state index is 11.6. The lowest BCUT2D eigenvalue weighted by Crippen LogP contribution is -2.03. The molecule has 0 bridgehead atoms. The van der Waals surface area contributed by atoms with E-state index in [0.717, 1.165) is 10.4 Å². The Morgan fingerprint density at radius 1 is 1.25 bits per heavy atom. The lowest BCUT2D eigenvalue weighted by atomic mass is 10.1. The molecule has 0 spiro atoms. The van der Waals surface area contributed by atoms with Crippen molar-refractivity contribution in [2.45, 2.75) is 10.6 Å². The molecule has 3 heterocycles. The number of carbonyl (C=O) groups is 1. The first kappa shape index (κ1) is 16.3. The van der Waals surface area contributed by atoms with Crippen LogP contribution in [0.4, 0.5) is 0 Å². The fourth-order valence-electron chi connectivity index (χ4n) is 2.59. The quantitative estimate of drug-likeness (QED) is 0.567. The van der Waals surface area contributed by atoms with Crippen LogP contribution in [0.25, 0.3) is 16.9 Å². The van der Waals surface area contributed by atoms with Gasteiger partial charge in [-0.1, -0.05) is 34.8 Å². The standard InChI is InChI=1S/C15H7Cl3N2O2S2/c16-6-1-2-9(8(17)3-6)20-13-7-4-11(18)24-10(7)5-23-14(13)12(19-20)15(21)22/h1-4H,5H2,(H,21,22). The maximum Gasteiger partial charge on any atom is 0.357 e. The highest BCUT2D eigenvalue weighted by Gasteiger charge is 2.31. The molecule has 0 saturated heterocycles. The highest BCUT2D eigenvalue weighted by atomic mass is 35.5. The van der Waals surface area contributed by atoms with Crippen LogP contribution >= 0.6 is 57.9 Å². The molecule has 122 valence electrons. The first-order valence-corrected chi connectivity index (χ1v) is 9.62. The first-order valence-electron chi connectivity index (χ1n) is 6.69. The van der Waals surface area contributed by atoms with Crippen LogP contribution in [0.2, 0.25) is 14.4 Å². The number of thioether (sulfide) groups is 1. The van der Waals surface area contributed by atoms with Crippen LogP contribution in [0.5, 0.6) is 0 Å². The van der Waals surface area contributed by atoms with Crippen molar-refractivity contribution < 1.29 is 9.90 Å². The zero-order valence-corrected chi connectivity index (χ0v) is 15.6. The molecule has 1 aliphatic heterocycles. The van der Waals surface area contributed by atoms with Crippen molar-refractivity contribution in [3.8, 4) is 16.9 Å². The van der Waals surface area contributed by atoms with Crippen molar-refractivity contribution in [1.29, 1.82) is 0 Å². The molecule has 3 aromatic rings. The summed E-state index contributed by atoms with van der Waals surface area (Å²) in [5, 5.41) is 14.7. The summed E-state index contributed by atoms with van der Waals surface area (Å²) in [6.45, 7) is 0. The van der Waals surface area contributed by atoms with Crippen molar-refractivity contribution in [2.24, 2.45) is 0 Å². The molecular formula is C15H7Cl3N2O2S2. The SMILES string of the molecule is O=C(O)c1nn(-c2ccc(Cl)cc2Cl)c2c1SCc1sc(Cl)cc1-2. The summed E-state index contributed by atoms with van der Waals surface area (Å²) in [4.78, 5) is 13.3. The van der Waals surface area contributed by atoms with Gasteiger partial charge in [-0.15, -0.1) is 23.1 Å². The van der Waals surface area contributed by atoms with Gasteiger partial charge >= 0.3 is 5.97 Å². The number of hydrogen-bond acceptors (Lipinski definition) is 4. The number of fused-ring (bicyclic) bond motifs is 3. The van der Waals surface area contributed by atoms with E-state index >= 15 is 0 Å². The Labute approximate surface area is 160 Å². The van der Waals surface area contributed by atoms with E-state index in [1.807, 2.05) is 6.07 Å². The van der Waals surface area contributed by atoms with Gasteiger partial charge in [0.2, 0.25) is 0 Å². The number of aromatic carboxylic acids is 1. The van der Waals surface area contributed by atoms with Gasteiger partial charge in [-0.05, 0) is 24.3 Å². The number of carboxylic acids is 1. The van der Waals surface area contributed by atoms with E-state index in [0.29, 0.717) is 36.4 Å². The zero-order chi connectivity index (χ0) is 17.0. The number of nitrogens with zero attached hydrogens (tertiary/aromatic N) is 2. The van der Waals surface area contributed by atoms with Crippen LogP contribution in [-0.4, -0.2) is 20.9 Å². The van der Waals surface area contributed by atoms with Crippen molar-refractivity contribution >= 4 is 63.9 Å². The van der Waals surface area contributed by atoms with Gasteiger partial charge in [-0.2, -0.15) is 5.10 Å². The van der Waals surface area contributed by atoms with Crippen LogP contribution in [-0.2, 0) is 5.75 Å². The van der Waals surface area contributed by atoms with E-state index in [-0.39, 0.29) is 5.69 Å². The smallest absolute Gasteiger partial charge is 0.357 e. The van der Waals surface area contributed by atoms with Gasteiger partial charge in [-0.3, -0.25) is 0 Å². The molecule has 0 unspecified atom stereocenters. The van der Waals surface area contributed by atoms with Gasteiger partial charge in [0.05, 0.1) is 25.6 Å². The van der Waals surface area contributed by atoms with Crippen molar-refractivity contribution in [3.63, 3.8) is 0 Å². The lowest BCUT2D eigenvalue weighted by Gasteiger charge is -2.15. The normalized spacial score (nSPS) is 12.8. The first-order chi connectivity index (χ1) is 11.5. The number of thiophene rings is 1. The second-order valence-electron chi connectivity index (χ2n) is 5.02. The minimum atomic E-state index is -1.08. The van der Waals surface area contributed by atoms with Gasteiger partial charge in [0.1, 0.15) is 0 Å². The molecule has 1 aromatic carbocycles. The van der Waals surface area contributed by atoms with Crippen LogP contribution in [0.1, 0.15) is 15.4 Å². The van der Waals surface area contributed by atoms with Gasteiger partial charge in [0.15, 0.2) is 5.69 Å².